The van der Waals surface area contributed by atoms with E-state index in [0.29, 0.717) is 12.5 Å². The predicted octanol–water partition coefficient (Wildman–Crippen LogP) is 2.77. The largest absolute Gasteiger partial charge is 0.352 e. The monoisotopic (exact) mass is 315 g/mol. The third kappa shape index (κ3) is 6.63. The number of hydrogen-bond donors (Lipinski definition) is 2. The zero-order valence-electron chi connectivity index (χ0n) is 13.7. The lowest BCUT2D eigenvalue weighted by atomic mass is 9.89. The molecule has 1 saturated carbocycles. The zero-order chi connectivity index (χ0) is 16.5. The lowest BCUT2D eigenvalue weighted by Crippen LogP contribution is -2.26. The van der Waals surface area contributed by atoms with Crippen molar-refractivity contribution in [1.29, 1.82) is 0 Å². The summed E-state index contributed by atoms with van der Waals surface area (Å²) >= 11 is 0. The fraction of sp³-hybridized carbons (Fsp3) is 0.500. The number of carbonyl (C=O) groups excluding carboxylic acids is 2. The van der Waals surface area contributed by atoms with Crippen LogP contribution in [0.5, 0.6) is 0 Å². The van der Waals surface area contributed by atoms with Gasteiger partial charge in [-0.15, -0.1) is 0 Å². The van der Waals surface area contributed by atoms with Crippen molar-refractivity contribution in [2.24, 2.45) is 11.0 Å². The molecular formula is C18H25N3O2. The van der Waals surface area contributed by atoms with Crippen molar-refractivity contribution in [2.45, 2.75) is 52.0 Å². The Morgan fingerprint density at radius 2 is 1.91 bits per heavy atom. The average molecular weight is 315 g/mol. The van der Waals surface area contributed by atoms with E-state index in [-0.39, 0.29) is 24.7 Å². The molecule has 0 saturated heterocycles. The number of carbonyl (C=O) groups is 2. The Labute approximate surface area is 137 Å². The second kappa shape index (κ2) is 9.08. The van der Waals surface area contributed by atoms with Crippen molar-refractivity contribution >= 4 is 17.5 Å². The van der Waals surface area contributed by atoms with Crippen molar-refractivity contribution in [3.8, 4) is 0 Å². The fourth-order valence-electron chi connectivity index (χ4n) is 2.67. The number of amides is 2. The first-order valence-electron chi connectivity index (χ1n) is 8.28. The van der Waals surface area contributed by atoms with Gasteiger partial charge in [-0.2, -0.15) is 5.10 Å². The van der Waals surface area contributed by atoms with Crippen molar-refractivity contribution < 1.29 is 9.59 Å². The molecule has 0 spiro atoms. The van der Waals surface area contributed by atoms with E-state index in [0.717, 1.165) is 30.5 Å². The van der Waals surface area contributed by atoms with Gasteiger partial charge in [0.2, 0.25) is 11.8 Å². The molecule has 1 fully saturated rings. The zero-order valence-corrected chi connectivity index (χ0v) is 13.7. The smallest absolute Gasteiger partial charge is 0.240 e. The summed E-state index contributed by atoms with van der Waals surface area (Å²) in [4.78, 5) is 23.5. The van der Waals surface area contributed by atoms with Gasteiger partial charge in [-0.3, -0.25) is 9.59 Å². The van der Waals surface area contributed by atoms with Crippen LogP contribution < -0.4 is 10.7 Å². The Hall–Kier alpha value is -2.17. The predicted molar refractivity (Wildman–Crippen MR) is 90.7 cm³/mol. The molecule has 1 aromatic rings. The van der Waals surface area contributed by atoms with Gasteiger partial charge >= 0.3 is 0 Å². The number of rotatable bonds is 6. The van der Waals surface area contributed by atoms with E-state index >= 15 is 0 Å². The second-order valence-corrected chi connectivity index (χ2v) is 6.18. The summed E-state index contributed by atoms with van der Waals surface area (Å²) in [5, 5.41) is 7.00. The molecule has 0 bridgehead atoms. The van der Waals surface area contributed by atoms with Crippen LogP contribution in [0.15, 0.2) is 35.4 Å². The SMILES string of the molecule is C[C@@H]1CCCC(=NNC(=O)CCC(=O)NCc2ccccc2)C1. The third-order valence-electron chi connectivity index (χ3n) is 4.00. The Morgan fingerprint density at radius 3 is 2.65 bits per heavy atom. The Morgan fingerprint density at radius 1 is 1.17 bits per heavy atom. The van der Waals surface area contributed by atoms with E-state index in [1.165, 1.54) is 6.42 Å². The normalized spacial score (nSPS) is 19.3. The summed E-state index contributed by atoms with van der Waals surface area (Å²) in [6, 6.07) is 9.70. The molecule has 0 aromatic heterocycles. The summed E-state index contributed by atoms with van der Waals surface area (Å²) in [5.74, 6) is 0.316. The van der Waals surface area contributed by atoms with E-state index in [9.17, 15) is 9.59 Å². The van der Waals surface area contributed by atoms with Crippen LogP contribution in [-0.2, 0) is 16.1 Å². The van der Waals surface area contributed by atoms with E-state index < -0.39 is 0 Å². The number of hydrazone groups is 1. The summed E-state index contributed by atoms with van der Waals surface area (Å²) in [5.41, 5.74) is 4.68. The molecule has 1 aliphatic carbocycles. The molecule has 0 radical (unpaired) electrons. The minimum Gasteiger partial charge on any atom is -0.352 e. The fourth-order valence-corrected chi connectivity index (χ4v) is 2.67. The maximum Gasteiger partial charge on any atom is 0.240 e. The van der Waals surface area contributed by atoms with Gasteiger partial charge in [-0.25, -0.2) is 5.43 Å². The molecule has 2 rings (SSSR count). The van der Waals surface area contributed by atoms with E-state index in [1.807, 2.05) is 30.3 Å². The van der Waals surface area contributed by atoms with Crippen LogP contribution in [0.3, 0.4) is 0 Å². The maximum absolute atomic E-state index is 11.7. The van der Waals surface area contributed by atoms with Gasteiger partial charge in [-0.05, 0) is 37.2 Å². The Kier molecular flexibility index (Phi) is 6.78. The highest BCUT2D eigenvalue weighted by atomic mass is 16.2. The molecule has 1 aromatic carbocycles. The molecule has 2 N–H and O–H groups in total. The first kappa shape index (κ1) is 17.2. The minimum atomic E-state index is -0.203. The quantitative estimate of drug-likeness (QED) is 0.792. The highest BCUT2D eigenvalue weighted by Gasteiger charge is 2.14. The molecule has 0 unspecified atom stereocenters. The van der Waals surface area contributed by atoms with Crippen molar-refractivity contribution in [3.63, 3.8) is 0 Å². The lowest BCUT2D eigenvalue weighted by Gasteiger charge is -2.18. The Balaban J connectivity index is 1.63. The molecule has 2 amide bonds. The van der Waals surface area contributed by atoms with Crippen LogP contribution >= 0.6 is 0 Å². The molecule has 1 atom stereocenters. The average Bonchev–Trinajstić information content (AvgIpc) is 2.57. The van der Waals surface area contributed by atoms with Crippen LogP contribution in [0.25, 0.3) is 0 Å². The van der Waals surface area contributed by atoms with Crippen LogP contribution in [0.1, 0.15) is 51.0 Å². The van der Waals surface area contributed by atoms with Gasteiger partial charge < -0.3 is 5.32 Å². The molecule has 5 heteroatoms. The highest BCUT2D eigenvalue weighted by molar-refractivity contribution is 5.88. The minimum absolute atomic E-state index is 0.122. The molecule has 0 aliphatic heterocycles. The van der Waals surface area contributed by atoms with Gasteiger partial charge in [0.05, 0.1) is 0 Å². The van der Waals surface area contributed by atoms with Gasteiger partial charge in [0, 0.05) is 25.1 Å². The van der Waals surface area contributed by atoms with E-state index in [1.54, 1.807) is 0 Å². The molecule has 1 aliphatic rings. The summed E-state index contributed by atoms with van der Waals surface area (Å²) in [6.07, 6.45) is 4.62. The van der Waals surface area contributed by atoms with E-state index in [4.69, 9.17) is 0 Å². The van der Waals surface area contributed by atoms with Crippen LogP contribution in [0.2, 0.25) is 0 Å². The lowest BCUT2D eigenvalue weighted by molar-refractivity contribution is -0.126. The molecule has 23 heavy (non-hydrogen) atoms. The van der Waals surface area contributed by atoms with Crippen LogP contribution in [-0.4, -0.2) is 17.5 Å². The third-order valence-corrected chi connectivity index (χ3v) is 4.00. The van der Waals surface area contributed by atoms with Crippen LogP contribution in [0, 0.1) is 5.92 Å². The number of nitrogens with one attached hydrogen (secondary N) is 2. The van der Waals surface area contributed by atoms with Gasteiger partial charge in [0.25, 0.3) is 0 Å². The van der Waals surface area contributed by atoms with Crippen molar-refractivity contribution in [3.05, 3.63) is 35.9 Å². The first-order chi connectivity index (χ1) is 11.1. The van der Waals surface area contributed by atoms with Gasteiger partial charge in [-0.1, -0.05) is 37.3 Å². The highest BCUT2D eigenvalue weighted by Crippen LogP contribution is 2.20. The number of nitrogens with zero attached hydrogens (tertiary/aromatic N) is 1. The summed E-state index contributed by atoms with van der Waals surface area (Å²) in [7, 11) is 0. The Bertz CT molecular complexity index is 555. The molecular weight excluding hydrogens is 290 g/mol. The van der Waals surface area contributed by atoms with E-state index in [2.05, 4.69) is 22.8 Å². The first-order valence-corrected chi connectivity index (χ1v) is 8.28. The number of benzene rings is 1. The molecule has 124 valence electrons. The number of hydrogen-bond acceptors (Lipinski definition) is 3. The van der Waals surface area contributed by atoms with Crippen molar-refractivity contribution in [1.82, 2.24) is 10.7 Å². The summed E-state index contributed by atoms with van der Waals surface area (Å²) in [6.45, 7) is 2.69. The second-order valence-electron chi connectivity index (χ2n) is 6.18. The maximum atomic E-state index is 11.7. The van der Waals surface area contributed by atoms with Gasteiger partial charge in [0.15, 0.2) is 0 Å². The summed E-state index contributed by atoms with van der Waals surface area (Å²) < 4.78 is 0. The molecule has 0 heterocycles. The van der Waals surface area contributed by atoms with Gasteiger partial charge in [0.1, 0.15) is 0 Å². The standard InChI is InChI=1S/C18H25N3O2/c1-14-6-5-9-16(12-14)20-21-18(23)11-10-17(22)19-13-15-7-3-2-4-8-15/h2-4,7-8,14H,5-6,9-13H2,1H3,(H,19,22)(H,21,23)/t14-/m1/s1. The van der Waals surface area contributed by atoms with Crippen LogP contribution in [0.4, 0.5) is 0 Å². The molecule has 5 nitrogen and oxygen atoms in total. The topological polar surface area (TPSA) is 70.6 Å². The van der Waals surface area contributed by atoms with Crippen molar-refractivity contribution in [2.75, 3.05) is 0 Å².